The SMILES string of the molecule is CCCCCCCCCCCCCCCCCCOC(=O)Nc1ccc(Cc2ccc(NC(=O)C(C)(C)C(=O)NCCN(C)CCNC(=O)C(C)(C)C(=O)Nc3ccc(Cc4ccc(NC(=O)OCCCCCCCCCCCCCCCCCC)cc4)cc3)cc2)cc1. The van der Waals surface area contributed by atoms with E-state index in [4.69, 9.17) is 9.47 Å². The number of likely N-dealkylation sites (N-methyl/N-ethyl adjacent to an activating group) is 1. The summed E-state index contributed by atoms with van der Waals surface area (Å²) in [5.74, 6) is -1.71. The quantitative estimate of drug-likeness (QED) is 0.0184. The van der Waals surface area contributed by atoms with Crippen molar-refractivity contribution >= 4 is 58.6 Å². The molecule has 0 aliphatic carbocycles. The van der Waals surface area contributed by atoms with Crippen LogP contribution in [0.25, 0.3) is 0 Å². The minimum atomic E-state index is -1.36. The lowest BCUT2D eigenvalue weighted by Crippen LogP contribution is -2.48. The third kappa shape index (κ3) is 35.1. The molecule has 0 aliphatic rings. The predicted molar refractivity (Wildman–Crippen MR) is 389 cm³/mol. The summed E-state index contributed by atoms with van der Waals surface area (Å²) in [7, 11) is 1.86. The number of ether oxygens (including phenoxy) is 2. The molecule has 6 N–H and O–H groups in total. The van der Waals surface area contributed by atoms with Crippen LogP contribution < -0.4 is 31.9 Å². The monoisotopic (exact) mass is 1300 g/mol. The largest absolute Gasteiger partial charge is 0.449 e. The Morgan fingerprint density at radius 1 is 0.319 bits per heavy atom. The zero-order valence-corrected chi connectivity index (χ0v) is 59.2. The Hall–Kier alpha value is -6.74. The Morgan fingerprint density at radius 2 is 0.543 bits per heavy atom. The Bertz CT molecular complexity index is 2530. The summed E-state index contributed by atoms with van der Waals surface area (Å²) in [5, 5.41) is 17.2. The number of benzene rings is 4. The van der Waals surface area contributed by atoms with Crippen LogP contribution >= 0.6 is 0 Å². The van der Waals surface area contributed by atoms with Crippen LogP contribution in [0.1, 0.15) is 269 Å². The first kappa shape index (κ1) is 79.7. The lowest BCUT2D eigenvalue weighted by molar-refractivity contribution is -0.139. The highest BCUT2D eigenvalue weighted by Gasteiger charge is 2.37. The zero-order valence-electron chi connectivity index (χ0n) is 59.2. The van der Waals surface area contributed by atoms with Crippen LogP contribution in [0.2, 0.25) is 0 Å². The molecule has 0 aliphatic heterocycles. The molecule has 0 bridgehead atoms. The molecule has 0 radical (unpaired) electrons. The van der Waals surface area contributed by atoms with Gasteiger partial charge in [0.1, 0.15) is 10.8 Å². The van der Waals surface area contributed by atoms with Crippen molar-refractivity contribution in [1.82, 2.24) is 15.5 Å². The summed E-state index contributed by atoms with van der Waals surface area (Å²) in [5.41, 5.74) is 3.96. The number of nitrogens with one attached hydrogen (secondary N) is 6. The molecule has 94 heavy (non-hydrogen) atoms. The molecule has 0 unspecified atom stereocenters. The molecule has 522 valence electrons. The molecule has 4 aromatic rings. The highest BCUT2D eigenvalue weighted by molar-refractivity contribution is 6.10. The van der Waals surface area contributed by atoms with Gasteiger partial charge in [-0.3, -0.25) is 29.8 Å². The van der Waals surface area contributed by atoms with E-state index in [-0.39, 0.29) is 13.1 Å². The molecule has 0 aromatic heterocycles. The number of anilines is 4. The third-order valence-electron chi connectivity index (χ3n) is 17.9. The number of carbonyl (C=O) groups excluding carboxylic acids is 6. The van der Waals surface area contributed by atoms with Gasteiger partial charge in [-0.05, 0) is 131 Å². The van der Waals surface area contributed by atoms with E-state index in [9.17, 15) is 28.8 Å². The number of hydrogen-bond acceptors (Lipinski definition) is 9. The van der Waals surface area contributed by atoms with Crippen LogP contribution in [0.3, 0.4) is 0 Å². The number of unbranched alkanes of at least 4 members (excludes halogenated alkanes) is 30. The standard InChI is InChI=1S/C79H123N7O8/c1-8-10-12-14-16-18-20-22-24-26-28-30-32-34-36-38-60-93-76(91)84-70-52-44-66(45-53-70)62-64-40-48-68(49-41-64)82-74(89)78(3,4)72(87)80-56-58-86(7)59-57-81-73(88)79(5,6)75(90)83-69-50-42-65(43-51-69)63-67-46-54-71(55-47-67)85-77(92)94-61-39-37-35-33-31-29-27-25-23-21-19-17-15-13-11-9-2/h40-55H,8-39,56-63H2,1-7H3,(H,80,87)(H,81,88)(H,82,89)(H,83,90)(H,84,91)(H,85,92). The van der Waals surface area contributed by atoms with Crippen LogP contribution in [0.4, 0.5) is 32.3 Å². The first-order valence-corrected chi connectivity index (χ1v) is 36.6. The first-order valence-electron chi connectivity index (χ1n) is 36.6. The third-order valence-corrected chi connectivity index (χ3v) is 17.9. The molecule has 4 rings (SSSR count). The average molecular weight is 1300 g/mol. The highest BCUT2D eigenvalue weighted by Crippen LogP contribution is 2.24. The molecule has 0 saturated heterocycles. The van der Waals surface area contributed by atoms with Gasteiger partial charge in [-0.15, -0.1) is 0 Å². The highest BCUT2D eigenvalue weighted by atomic mass is 16.6. The summed E-state index contributed by atoms with van der Waals surface area (Å²) in [6.45, 7) is 13.2. The van der Waals surface area contributed by atoms with Crippen LogP contribution in [-0.2, 0) is 41.5 Å². The summed E-state index contributed by atoms with van der Waals surface area (Å²) in [4.78, 5) is 80.1. The van der Waals surface area contributed by atoms with Crippen molar-refractivity contribution in [2.24, 2.45) is 10.8 Å². The van der Waals surface area contributed by atoms with Crippen LogP contribution in [0.5, 0.6) is 0 Å². The second kappa shape index (κ2) is 48.0. The van der Waals surface area contributed by atoms with Crippen LogP contribution in [-0.4, -0.2) is 87.2 Å². The van der Waals surface area contributed by atoms with Gasteiger partial charge in [0, 0.05) is 48.9 Å². The van der Waals surface area contributed by atoms with Gasteiger partial charge in [-0.1, -0.05) is 255 Å². The summed E-state index contributed by atoms with van der Waals surface area (Å²) in [6, 6.07) is 30.3. The molecule has 15 nitrogen and oxygen atoms in total. The fraction of sp³-hybridized carbons (Fsp3) is 0.620. The maximum absolute atomic E-state index is 13.4. The second-order valence-corrected chi connectivity index (χ2v) is 27.2. The molecule has 0 atom stereocenters. The number of hydrogen-bond donors (Lipinski definition) is 6. The topological polar surface area (TPSA) is 196 Å². The van der Waals surface area contributed by atoms with Gasteiger partial charge in [-0.2, -0.15) is 0 Å². The van der Waals surface area contributed by atoms with E-state index in [1.54, 1.807) is 27.7 Å². The van der Waals surface area contributed by atoms with Crippen LogP contribution in [0.15, 0.2) is 97.1 Å². The average Bonchev–Trinajstić information content (AvgIpc) is 0.883. The van der Waals surface area contributed by atoms with E-state index in [0.29, 0.717) is 61.9 Å². The van der Waals surface area contributed by atoms with Gasteiger partial charge < -0.3 is 35.6 Å². The van der Waals surface area contributed by atoms with E-state index in [1.807, 2.05) is 109 Å². The molecular weight excluding hydrogens is 1170 g/mol. The molecule has 0 saturated carbocycles. The number of carbonyl (C=O) groups is 6. The van der Waals surface area contributed by atoms with Crippen molar-refractivity contribution in [1.29, 1.82) is 0 Å². The fourth-order valence-corrected chi connectivity index (χ4v) is 11.3. The fourth-order valence-electron chi connectivity index (χ4n) is 11.3. The van der Waals surface area contributed by atoms with Crippen molar-refractivity contribution in [3.8, 4) is 0 Å². The molecule has 6 amide bonds. The minimum Gasteiger partial charge on any atom is -0.449 e. The van der Waals surface area contributed by atoms with Gasteiger partial charge in [0.15, 0.2) is 0 Å². The molecule has 0 heterocycles. The van der Waals surface area contributed by atoms with Gasteiger partial charge in [0.25, 0.3) is 0 Å². The van der Waals surface area contributed by atoms with Crippen molar-refractivity contribution in [3.05, 3.63) is 119 Å². The summed E-state index contributed by atoms with van der Waals surface area (Å²) in [6.07, 6.45) is 42.0. The van der Waals surface area contributed by atoms with Gasteiger partial charge in [-0.25, -0.2) is 9.59 Å². The summed E-state index contributed by atoms with van der Waals surface area (Å²) >= 11 is 0. The Morgan fingerprint density at radius 3 is 0.787 bits per heavy atom. The van der Waals surface area contributed by atoms with Gasteiger partial charge >= 0.3 is 12.2 Å². The lowest BCUT2D eigenvalue weighted by Gasteiger charge is -2.25. The van der Waals surface area contributed by atoms with E-state index in [0.717, 1.165) is 47.9 Å². The van der Waals surface area contributed by atoms with E-state index in [1.165, 1.54) is 180 Å². The predicted octanol–water partition coefficient (Wildman–Crippen LogP) is 19.3. The first-order chi connectivity index (χ1) is 45.5. The normalized spacial score (nSPS) is 11.5. The molecule has 0 spiro atoms. The van der Waals surface area contributed by atoms with E-state index >= 15 is 0 Å². The summed E-state index contributed by atoms with van der Waals surface area (Å²) < 4.78 is 10.9. The van der Waals surface area contributed by atoms with E-state index in [2.05, 4.69) is 45.7 Å². The van der Waals surface area contributed by atoms with Gasteiger partial charge in [0.2, 0.25) is 23.6 Å². The number of nitrogens with zero attached hydrogens (tertiary/aromatic N) is 1. The van der Waals surface area contributed by atoms with Crippen molar-refractivity contribution in [2.45, 2.75) is 260 Å². The van der Waals surface area contributed by atoms with Crippen LogP contribution in [0, 0.1) is 10.8 Å². The molecular formula is C79H123N7O8. The Labute approximate surface area is 567 Å². The molecule has 15 heteroatoms. The van der Waals surface area contributed by atoms with Gasteiger partial charge in [0.05, 0.1) is 13.2 Å². The van der Waals surface area contributed by atoms with Crippen molar-refractivity contribution < 1.29 is 38.2 Å². The number of amides is 6. The molecule has 4 aromatic carbocycles. The molecule has 0 fully saturated rings. The Kier molecular flexibility index (Phi) is 40.7. The zero-order chi connectivity index (χ0) is 67.9. The smallest absolute Gasteiger partial charge is 0.411 e. The second-order valence-electron chi connectivity index (χ2n) is 27.2. The minimum absolute atomic E-state index is 0.281. The van der Waals surface area contributed by atoms with Crippen molar-refractivity contribution in [3.63, 3.8) is 0 Å². The lowest BCUT2D eigenvalue weighted by atomic mass is 9.91. The van der Waals surface area contributed by atoms with Crippen molar-refractivity contribution in [2.75, 3.05) is 67.7 Å². The Balaban J connectivity index is 1.01. The van der Waals surface area contributed by atoms with E-state index < -0.39 is 46.6 Å². The number of rotatable bonds is 52. The maximum Gasteiger partial charge on any atom is 0.411 e. The maximum atomic E-state index is 13.4.